The fraction of sp³-hybridized carbons (Fsp3) is 0.333. The Labute approximate surface area is 201 Å². The Morgan fingerprint density at radius 3 is 2.61 bits per heavy atom. The number of ether oxygens (including phenoxy) is 1. The van der Waals surface area contributed by atoms with Gasteiger partial charge in [0.25, 0.3) is 5.56 Å². The number of esters is 1. The number of halogens is 1. The monoisotopic (exact) mass is 506 g/mol. The average molecular weight is 507 g/mol. The minimum atomic E-state index is -0.423. The molecule has 0 bridgehead atoms. The molecule has 4 unspecified atom stereocenters. The molecule has 6 heteroatoms. The van der Waals surface area contributed by atoms with Crippen molar-refractivity contribution >= 4 is 21.9 Å². The third-order valence-corrected chi connectivity index (χ3v) is 8.35. The molecule has 1 aliphatic carbocycles. The van der Waals surface area contributed by atoms with Crippen LogP contribution < -0.4 is 5.56 Å². The van der Waals surface area contributed by atoms with Gasteiger partial charge in [-0.05, 0) is 54.0 Å². The second kappa shape index (κ2) is 8.92. The molecule has 4 atom stereocenters. The molecule has 5 nitrogen and oxygen atoms in total. The molecular formula is C27H27BrN2O3. The molecule has 3 aromatic rings. The van der Waals surface area contributed by atoms with Crippen molar-refractivity contribution in [3.05, 3.63) is 93.4 Å². The Balaban J connectivity index is 1.61. The molecule has 0 spiro atoms. The number of aromatic nitrogens is 1. The van der Waals surface area contributed by atoms with E-state index in [2.05, 4.69) is 44.9 Å². The lowest BCUT2D eigenvalue weighted by molar-refractivity contribution is -0.146. The number of carbonyl (C=O) groups is 1. The molecule has 0 amide bonds. The minimum Gasteiger partial charge on any atom is -0.468 e. The van der Waals surface area contributed by atoms with Crippen LogP contribution in [0.15, 0.2) is 65.5 Å². The van der Waals surface area contributed by atoms with Crippen molar-refractivity contribution in [2.24, 2.45) is 5.92 Å². The molecule has 2 heterocycles. The van der Waals surface area contributed by atoms with Crippen LogP contribution in [-0.2, 0) is 22.5 Å². The Bertz CT molecular complexity index is 1240. The number of benzene rings is 2. The number of hydrogen-bond acceptors (Lipinski definition) is 4. The van der Waals surface area contributed by atoms with Crippen molar-refractivity contribution in [1.82, 2.24) is 9.88 Å². The largest absolute Gasteiger partial charge is 0.468 e. The Morgan fingerprint density at radius 1 is 1.15 bits per heavy atom. The van der Waals surface area contributed by atoms with Crippen LogP contribution in [0.5, 0.6) is 0 Å². The zero-order valence-corrected chi connectivity index (χ0v) is 20.3. The number of alkyl halides is 1. The van der Waals surface area contributed by atoms with E-state index >= 15 is 0 Å². The molecule has 33 heavy (non-hydrogen) atoms. The van der Waals surface area contributed by atoms with E-state index in [0.717, 1.165) is 29.7 Å². The first-order valence-electron chi connectivity index (χ1n) is 11.3. The highest BCUT2D eigenvalue weighted by Gasteiger charge is 2.53. The third-order valence-electron chi connectivity index (χ3n) is 7.17. The first kappa shape index (κ1) is 22.1. The highest BCUT2D eigenvalue weighted by Crippen LogP contribution is 2.50. The molecular weight excluding hydrogens is 480 g/mol. The second-order valence-electron chi connectivity index (χ2n) is 8.98. The maximum absolute atomic E-state index is 13.2. The van der Waals surface area contributed by atoms with E-state index in [1.165, 1.54) is 18.2 Å². The van der Waals surface area contributed by atoms with Gasteiger partial charge in [-0.15, -0.1) is 0 Å². The van der Waals surface area contributed by atoms with E-state index in [0.29, 0.717) is 12.1 Å². The third kappa shape index (κ3) is 3.85. The summed E-state index contributed by atoms with van der Waals surface area (Å²) in [6, 6.07) is 19.6. The lowest BCUT2D eigenvalue weighted by Gasteiger charge is -2.35. The number of rotatable bonds is 4. The Morgan fingerprint density at radius 2 is 1.88 bits per heavy atom. The van der Waals surface area contributed by atoms with E-state index in [1.54, 1.807) is 0 Å². The van der Waals surface area contributed by atoms with Crippen LogP contribution in [-0.4, -0.2) is 33.8 Å². The van der Waals surface area contributed by atoms with Crippen molar-refractivity contribution in [3.8, 4) is 11.1 Å². The zero-order valence-electron chi connectivity index (χ0n) is 18.8. The number of methoxy groups -OCH3 is 1. The predicted octanol–water partition coefficient (Wildman–Crippen LogP) is 4.77. The lowest BCUT2D eigenvalue weighted by atomic mass is 9.82. The Kier molecular flexibility index (Phi) is 5.97. The molecule has 1 aliphatic heterocycles. The van der Waals surface area contributed by atoms with Gasteiger partial charge in [0, 0.05) is 22.6 Å². The molecule has 170 valence electrons. The van der Waals surface area contributed by atoms with Crippen molar-refractivity contribution in [1.29, 1.82) is 0 Å². The first-order chi connectivity index (χ1) is 16.0. The number of likely N-dealkylation sites (tertiary alicyclic amines) is 1. The summed E-state index contributed by atoms with van der Waals surface area (Å²) in [6.07, 6.45) is 1.80. The van der Waals surface area contributed by atoms with Gasteiger partial charge in [0.2, 0.25) is 0 Å². The summed E-state index contributed by atoms with van der Waals surface area (Å²) in [5.41, 5.74) is 5.94. The molecule has 1 aromatic heterocycles. The highest BCUT2D eigenvalue weighted by molar-refractivity contribution is 9.09. The first-order valence-corrected chi connectivity index (χ1v) is 12.2. The van der Waals surface area contributed by atoms with E-state index in [4.69, 9.17) is 4.74 Å². The number of carbonyl (C=O) groups excluding carboxylic acids is 1. The summed E-state index contributed by atoms with van der Waals surface area (Å²) in [5, 5.41) is 0. The van der Waals surface area contributed by atoms with Crippen molar-refractivity contribution < 1.29 is 9.53 Å². The van der Waals surface area contributed by atoms with E-state index in [1.807, 2.05) is 48.5 Å². The van der Waals surface area contributed by atoms with Gasteiger partial charge in [-0.25, -0.2) is 0 Å². The van der Waals surface area contributed by atoms with E-state index in [-0.39, 0.29) is 28.3 Å². The van der Waals surface area contributed by atoms with Crippen LogP contribution in [0.3, 0.4) is 0 Å². The average Bonchev–Trinajstić information content (AvgIpc) is 3.12. The molecule has 2 aliphatic rings. The summed E-state index contributed by atoms with van der Waals surface area (Å²) in [7, 11) is 1.44. The molecule has 0 saturated carbocycles. The van der Waals surface area contributed by atoms with Crippen LogP contribution in [0.1, 0.15) is 34.8 Å². The smallest absolute Gasteiger partial charge is 0.324 e. The van der Waals surface area contributed by atoms with Gasteiger partial charge in [0.1, 0.15) is 6.04 Å². The second-order valence-corrected chi connectivity index (χ2v) is 10.0. The van der Waals surface area contributed by atoms with Crippen LogP contribution in [0, 0.1) is 12.8 Å². The summed E-state index contributed by atoms with van der Waals surface area (Å²) in [5.74, 6) is -0.0477. The molecule has 2 aromatic carbocycles. The lowest BCUT2D eigenvalue weighted by Crippen LogP contribution is -2.41. The number of aryl methyl sites for hydroxylation is 2. The number of pyridine rings is 1. The van der Waals surface area contributed by atoms with Crippen molar-refractivity contribution in [3.63, 3.8) is 0 Å². The topological polar surface area (TPSA) is 62.4 Å². The summed E-state index contributed by atoms with van der Waals surface area (Å²) in [4.78, 5) is 31.5. The van der Waals surface area contributed by atoms with Crippen LogP contribution >= 0.6 is 15.9 Å². The maximum Gasteiger partial charge on any atom is 0.324 e. The number of nitrogens with one attached hydrogen (secondary N) is 1. The van der Waals surface area contributed by atoms with Gasteiger partial charge < -0.3 is 9.72 Å². The minimum absolute atomic E-state index is 0.0515. The summed E-state index contributed by atoms with van der Waals surface area (Å²) >= 11 is 3.85. The predicted molar refractivity (Wildman–Crippen MR) is 132 cm³/mol. The standard InChI is InChI=1S/C27H27BrN2O3/c1-16-8-6-7-11-19(16)15-30-24-20(22(28)25(30)27(32)33-2)13-12-18-14-21(26(31)29-23(18)24)17-9-4-3-5-10-17/h3-11,14,20,22,24-25H,12-13,15H2,1-2H3,(H,29,31). The van der Waals surface area contributed by atoms with Crippen LogP contribution in [0.25, 0.3) is 11.1 Å². The number of fused-ring (bicyclic) bond motifs is 3. The van der Waals surface area contributed by atoms with Gasteiger partial charge in [-0.1, -0.05) is 70.5 Å². The van der Waals surface area contributed by atoms with E-state index < -0.39 is 6.04 Å². The molecule has 1 fully saturated rings. The fourth-order valence-corrected chi connectivity index (χ4v) is 6.56. The maximum atomic E-state index is 13.2. The van der Waals surface area contributed by atoms with Gasteiger partial charge >= 0.3 is 5.97 Å². The number of aromatic amines is 1. The zero-order chi connectivity index (χ0) is 23.1. The Hall–Kier alpha value is -2.70. The van der Waals surface area contributed by atoms with Crippen molar-refractivity contribution in [2.45, 2.75) is 43.2 Å². The van der Waals surface area contributed by atoms with Crippen LogP contribution in [0.2, 0.25) is 0 Å². The quantitative estimate of drug-likeness (QED) is 0.408. The van der Waals surface area contributed by atoms with Gasteiger partial charge in [0.15, 0.2) is 0 Å². The van der Waals surface area contributed by atoms with Crippen molar-refractivity contribution in [2.75, 3.05) is 7.11 Å². The SMILES string of the molecule is COC(=O)C1C(Br)C2CCc3cc(-c4ccccc4)c(=O)[nH]c3C2N1Cc1ccccc1C. The van der Waals surface area contributed by atoms with Gasteiger partial charge in [-0.2, -0.15) is 0 Å². The molecule has 1 saturated heterocycles. The van der Waals surface area contributed by atoms with Crippen LogP contribution in [0.4, 0.5) is 0 Å². The van der Waals surface area contributed by atoms with Gasteiger partial charge in [-0.3, -0.25) is 14.5 Å². The van der Waals surface area contributed by atoms with E-state index in [9.17, 15) is 9.59 Å². The number of H-pyrrole nitrogens is 1. The molecule has 0 radical (unpaired) electrons. The molecule has 5 rings (SSSR count). The number of hydrogen-bond donors (Lipinski definition) is 1. The summed E-state index contributed by atoms with van der Waals surface area (Å²) in [6.45, 7) is 2.70. The highest BCUT2D eigenvalue weighted by atomic mass is 79.9. The number of nitrogens with zero attached hydrogens (tertiary/aromatic N) is 1. The molecule has 1 N–H and O–H groups in total. The fourth-order valence-electron chi connectivity index (χ4n) is 5.49. The van der Waals surface area contributed by atoms with Gasteiger partial charge in [0.05, 0.1) is 13.2 Å². The summed E-state index contributed by atoms with van der Waals surface area (Å²) < 4.78 is 5.21. The normalized spacial score (nSPS) is 24.2.